The van der Waals surface area contributed by atoms with Crippen LogP contribution in [0.2, 0.25) is 5.02 Å². The van der Waals surface area contributed by atoms with Gasteiger partial charge in [0.05, 0.1) is 22.7 Å². The number of halogens is 1. The van der Waals surface area contributed by atoms with Gasteiger partial charge < -0.3 is 14.5 Å². The van der Waals surface area contributed by atoms with E-state index in [1.807, 2.05) is 6.92 Å². The van der Waals surface area contributed by atoms with Crippen molar-refractivity contribution in [1.29, 1.82) is 0 Å². The Labute approximate surface area is 183 Å². The van der Waals surface area contributed by atoms with Gasteiger partial charge in [-0.2, -0.15) is 0 Å². The van der Waals surface area contributed by atoms with Crippen molar-refractivity contribution in [2.45, 2.75) is 19.4 Å². The number of nitrogens with one attached hydrogen (secondary N) is 1. The summed E-state index contributed by atoms with van der Waals surface area (Å²) in [7, 11) is 0. The molecular weight excluding hydrogens is 420 g/mol. The van der Waals surface area contributed by atoms with Crippen LogP contribution in [0.15, 0.2) is 65.3 Å². The lowest BCUT2D eigenvalue weighted by molar-refractivity contribution is -0.128. The fourth-order valence-corrected chi connectivity index (χ4v) is 3.52. The number of ketones is 1. The highest BCUT2D eigenvalue weighted by molar-refractivity contribution is 6.33. The maximum Gasteiger partial charge on any atom is 0.268 e. The second kappa shape index (κ2) is 8.65. The number of para-hydroxylation sites is 1. The number of fused-ring (bicyclic) bond motifs is 1. The Morgan fingerprint density at radius 3 is 2.65 bits per heavy atom. The molecule has 1 aliphatic rings. The zero-order chi connectivity index (χ0) is 22.0. The van der Waals surface area contributed by atoms with E-state index in [0.29, 0.717) is 34.1 Å². The van der Waals surface area contributed by atoms with E-state index in [2.05, 4.69) is 5.32 Å². The quantitative estimate of drug-likeness (QED) is 0.579. The number of carbonyl (C=O) groups is 3. The molecular formula is C23H19ClN2O5. The van der Waals surface area contributed by atoms with Gasteiger partial charge in [0.1, 0.15) is 12.3 Å². The highest BCUT2D eigenvalue weighted by atomic mass is 35.5. The lowest BCUT2D eigenvalue weighted by atomic mass is 10.0. The van der Waals surface area contributed by atoms with E-state index in [-0.39, 0.29) is 24.0 Å². The average molecular weight is 439 g/mol. The zero-order valence-corrected chi connectivity index (χ0v) is 17.4. The fourth-order valence-electron chi connectivity index (χ4n) is 3.33. The molecule has 0 aliphatic carbocycles. The molecule has 1 aromatic heterocycles. The summed E-state index contributed by atoms with van der Waals surface area (Å²) in [6.45, 7) is 1.57. The monoisotopic (exact) mass is 438 g/mol. The van der Waals surface area contributed by atoms with Crippen LogP contribution in [-0.2, 0) is 9.59 Å². The number of hydrogen-bond acceptors (Lipinski definition) is 5. The van der Waals surface area contributed by atoms with E-state index in [1.54, 1.807) is 48.5 Å². The highest BCUT2D eigenvalue weighted by Crippen LogP contribution is 2.36. The van der Waals surface area contributed by atoms with Crippen molar-refractivity contribution in [2.75, 3.05) is 16.8 Å². The number of benzene rings is 2. The van der Waals surface area contributed by atoms with Crippen LogP contribution in [0.5, 0.6) is 5.75 Å². The molecule has 4 rings (SSSR count). The first-order chi connectivity index (χ1) is 15.0. The zero-order valence-electron chi connectivity index (χ0n) is 16.6. The third-order valence-electron chi connectivity index (χ3n) is 4.89. The number of rotatable bonds is 6. The Kier molecular flexibility index (Phi) is 5.77. The van der Waals surface area contributed by atoms with Crippen LogP contribution in [0.3, 0.4) is 0 Å². The highest BCUT2D eigenvalue weighted by Gasteiger charge is 2.35. The van der Waals surface area contributed by atoms with E-state index >= 15 is 0 Å². The Hall–Kier alpha value is -3.58. The van der Waals surface area contributed by atoms with Crippen molar-refractivity contribution in [3.05, 3.63) is 77.2 Å². The summed E-state index contributed by atoms with van der Waals surface area (Å²) in [4.78, 5) is 39.7. The first-order valence-electron chi connectivity index (χ1n) is 9.72. The normalized spacial score (nSPS) is 15.2. The predicted molar refractivity (Wildman–Crippen MR) is 116 cm³/mol. The van der Waals surface area contributed by atoms with E-state index in [0.717, 1.165) is 0 Å². The molecule has 0 saturated heterocycles. The minimum absolute atomic E-state index is 0.178. The largest absolute Gasteiger partial charge is 0.478 e. The van der Waals surface area contributed by atoms with Gasteiger partial charge in [0.25, 0.3) is 5.91 Å². The predicted octanol–water partition coefficient (Wildman–Crippen LogP) is 4.31. The molecule has 2 aromatic carbocycles. The number of ether oxygens (including phenoxy) is 1. The van der Waals surface area contributed by atoms with Crippen LogP contribution < -0.4 is 15.0 Å². The van der Waals surface area contributed by atoms with Gasteiger partial charge in [-0.3, -0.25) is 19.3 Å². The van der Waals surface area contributed by atoms with Crippen LogP contribution in [0, 0.1) is 0 Å². The minimum Gasteiger partial charge on any atom is -0.478 e. The smallest absolute Gasteiger partial charge is 0.268 e. The number of carbonyl (C=O) groups excluding carboxylic acids is 3. The van der Waals surface area contributed by atoms with Crippen molar-refractivity contribution >= 4 is 40.6 Å². The second-order valence-corrected chi connectivity index (χ2v) is 7.36. The molecule has 8 heteroatoms. The van der Waals surface area contributed by atoms with Crippen LogP contribution in [0.1, 0.15) is 29.5 Å². The molecule has 2 amide bonds. The summed E-state index contributed by atoms with van der Waals surface area (Å²) in [6.07, 6.45) is 1.14. The third-order valence-corrected chi connectivity index (χ3v) is 5.22. The van der Waals surface area contributed by atoms with Gasteiger partial charge in [-0.15, -0.1) is 0 Å². The summed E-state index contributed by atoms with van der Waals surface area (Å²) in [5.41, 5.74) is 1.11. The van der Waals surface area contributed by atoms with Gasteiger partial charge in [-0.1, -0.05) is 30.7 Å². The van der Waals surface area contributed by atoms with Crippen LogP contribution in [0.25, 0.3) is 0 Å². The Bertz CT molecular complexity index is 1140. The first-order valence-corrected chi connectivity index (χ1v) is 10.1. The molecule has 0 unspecified atom stereocenters. The summed E-state index contributed by atoms with van der Waals surface area (Å²) in [5, 5.41) is 3.10. The molecule has 0 bridgehead atoms. The van der Waals surface area contributed by atoms with Crippen molar-refractivity contribution < 1.29 is 23.5 Å². The Morgan fingerprint density at radius 2 is 1.94 bits per heavy atom. The Balaban J connectivity index is 1.64. The van der Waals surface area contributed by atoms with Crippen molar-refractivity contribution in [1.82, 2.24) is 0 Å². The number of hydrogen-bond donors (Lipinski definition) is 1. The number of anilines is 2. The standard InChI is InChI=1S/C23H19ClN2O5/c1-2-18-23(29)26(13-21(27)25-16-7-4-3-6-15(16)24)17-12-14(9-10-19(17)31-18)22(28)20-8-5-11-30-20/h3-12,18H,2,13H2,1H3,(H,25,27)/t18-/m1/s1. The molecule has 1 atom stereocenters. The Morgan fingerprint density at radius 1 is 1.13 bits per heavy atom. The van der Waals surface area contributed by atoms with Gasteiger partial charge in [0.15, 0.2) is 11.9 Å². The van der Waals surface area contributed by atoms with Gasteiger partial charge in [-0.25, -0.2) is 0 Å². The fraction of sp³-hybridized carbons (Fsp3) is 0.174. The second-order valence-electron chi connectivity index (χ2n) is 6.96. The molecule has 158 valence electrons. The molecule has 0 saturated carbocycles. The topological polar surface area (TPSA) is 88.8 Å². The number of furan rings is 1. The van der Waals surface area contributed by atoms with Gasteiger partial charge in [0, 0.05) is 5.56 Å². The van der Waals surface area contributed by atoms with E-state index in [1.165, 1.54) is 17.2 Å². The molecule has 0 fully saturated rings. The van der Waals surface area contributed by atoms with Crippen LogP contribution >= 0.6 is 11.6 Å². The summed E-state index contributed by atoms with van der Waals surface area (Å²) in [5.74, 6) is -0.511. The number of nitrogens with zero attached hydrogens (tertiary/aromatic N) is 1. The van der Waals surface area contributed by atoms with E-state index in [9.17, 15) is 14.4 Å². The van der Waals surface area contributed by atoms with Crippen LogP contribution in [-0.4, -0.2) is 30.2 Å². The summed E-state index contributed by atoms with van der Waals surface area (Å²) in [6, 6.07) is 14.8. The van der Waals surface area contributed by atoms with Crippen molar-refractivity contribution in [2.24, 2.45) is 0 Å². The SMILES string of the molecule is CC[C@H]1Oc2ccc(C(=O)c3ccco3)cc2N(CC(=O)Nc2ccccc2Cl)C1=O. The number of amides is 2. The molecule has 2 heterocycles. The third kappa shape index (κ3) is 4.18. The summed E-state index contributed by atoms with van der Waals surface area (Å²) >= 11 is 6.11. The lowest BCUT2D eigenvalue weighted by Crippen LogP contribution is -2.48. The van der Waals surface area contributed by atoms with Gasteiger partial charge >= 0.3 is 0 Å². The van der Waals surface area contributed by atoms with E-state index in [4.69, 9.17) is 20.8 Å². The summed E-state index contributed by atoms with van der Waals surface area (Å²) < 4.78 is 11.0. The maximum atomic E-state index is 13.0. The molecule has 3 aromatic rings. The maximum absolute atomic E-state index is 13.0. The average Bonchev–Trinajstić information content (AvgIpc) is 3.31. The first kappa shape index (κ1) is 20.7. The molecule has 0 spiro atoms. The lowest BCUT2D eigenvalue weighted by Gasteiger charge is -2.34. The van der Waals surface area contributed by atoms with Gasteiger partial charge in [0.2, 0.25) is 11.7 Å². The van der Waals surface area contributed by atoms with Crippen molar-refractivity contribution in [3.63, 3.8) is 0 Å². The van der Waals surface area contributed by atoms with Crippen LogP contribution in [0.4, 0.5) is 11.4 Å². The van der Waals surface area contributed by atoms with E-state index < -0.39 is 12.0 Å². The molecule has 0 radical (unpaired) electrons. The molecule has 7 nitrogen and oxygen atoms in total. The molecule has 31 heavy (non-hydrogen) atoms. The van der Waals surface area contributed by atoms with Crippen molar-refractivity contribution in [3.8, 4) is 5.75 Å². The van der Waals surface area contributed by atoms with Gasteiger partial charge in [-0.05, 0) is 48.9 Å². The minimum atomic E-state index is -0.716. The molecule has 1 N–H and O–H groups in total. The molecule has 1 aliphatic heterocycles.